The molecule has 2 heterocycles. The van der Waals surface area contributed by atoms with Gasteiger partial charge >= 0.3 is 0 Å². The van der Waals surface area contributed by atoms with E-state index >= 15 is 0 Å². The van der Waals surface area contributed by atoms with E-state index in [0.717, 1.165) is 44.6 Å². The van der Waals surface area contributed by atoms with Crippen molar-refractivity contribution < 1.29 is 0 Å². The first-order valence-electron chi connectivity index (χ1n) is 16.9. The van der Waals surface area contributed by atoms with E-state index in [2.05, 4.69) is 157 Å². The van der Waals surface area contributed by atoms with E-state index in [-0.39, 0.29) is 0 Å². The highest BCUT2D eigenvalue weighted by atomic mass is 14.9. The second-order valence-electron chi connectivity index (χ2n) is 12.9. The molecule has 0 atom stereocenters. The van der Waals surface area contributed by atoms with E-state index in [1.54, 1.807) is 0 Å². The Labute approximate surface area is 289 Å². The van der Waals surface area contributed by atoms with Gasteiger partial charge in [-0.15, -0.1) is 0 Å². The molecule has 0 saturated heterocycles. The quantitative estimate of drug-likeness (QED) is 0.177. The fourth-order valence-corrected chi connectivity index (χ4v) is 7.37. The van der Waals surface area contributed by atoms with Gasteiger partial charge in [0, 0.05) is 29.1 Å². The zero-order valence-corrected chi connectivity index (χ0v) is 27.1. The van der Waals surface area contributed by atoms with Crippen molar-refractivity contribution in [1.29, 1.82) is 0 Å². The van der Waals surface area contributed by atoms with Crippen molar-refractivity contribution in [2.24, 2.45) is 0 Å². The third-order valence-corrected chi connectivity index (χ3v) is 9.95. The van der Waals surface area contributed by atoms with Gasteiger partial charge in [0.25, 0.3) is 0 Å². The third kappa shape index (κ3) is 4.79. The number of pyridine rings is 1. The lowest BCUT2D eigenvalue weighted by Gasteiger charge is -2.15. The Bertz CT molecular complexity index is 2820. The van der Waals surface area contributed by atoms with Crippen LogP contribution in [0.15, 0.2) is 176 Å². The van der Waals surface area contributed by atoms with Crippen LogP contribution in [0.4, 0.5) is 0 Å². The van der Waals surface area contributed by atoms with E-state index in [9.17, 15) is 0 Å². The largest absolute Gasteiger partial charge is 0.265 e. The lowest BCUT2D eigenvalue weighted by atomic mass is 9.91. The smallest absolute Gasteiger partial charge is 0.161 e. The van der Waals surface area contributed by atoms with Crippen LogP contribution < -0.4 is 0 Å². The normalized spacial score (nSPS) is 11.6. The molecule has 232 valence electrons. The number of hydrogen-bond acceptors (Lipinski definition) is 3. The number of aromatic nitrogens is 3. The van der Waals surface area contributed by atoms with Crippen molar-refractivity contribution in [1.82, 2.24) is 15.0 Å². The van der Waals surface area contributed by atoms with E-state index in [0.29, 0.717) is 5.82 Å². The summed E-state index contributed by atoms with van der Waals surface area (Å²) in [7, 11) is 0. The molecule has 2 aromatic heterocycles. The molecule has 3 nitrogen and oxygen atoms in total. The number of benzene rings is 8. The standard InChI is InChI=1S/C47H29N3/c1-2-5-39-28-40(19-12-30(39)4-1)32-10-15-35(16-11-32)44-29-43(34-13-8-31(9-14-34)33-24-26-48-27-25-33)49-47(50-44)42-23-21-38-18-17-36-6-3-7-37-20-22-41(42)46(38)45(36)37/h1-29H. The lowest BCUT2D eigenvalue weighted by molar-refractivity contribution is 1.19. The van der Waals surface area contributed by atoms with Crippen molar-refractivity contribution in [2.75, 3.05) is 0 Å². The second-order valence-corrected chi connectivity index (χ2v) is 12.9. The highest BCUT2D eigenvalue weighted by Gasteiger charge is 2.16. The molecule has 10 aromatic rings. The van der Waals surface area contributed by atoms with Gasteiger partial charge in [0.15, 0.2) is 5.82 Å². The summed E-state index contributed by atoms with van der Waals surface area (Å²) in [5.41, 5.74) is 9.53. The number of nitrogens with zero attached hydrogens (tertiary/aromatic N) is 3. The minimum absolute atomic E-state index is 0.715. The van der Waals surface area contributed by atoms with Gasteiger partial charge in [-0.05, 0) is 95.7 Å². The summed E-state index contributed by atoms with van der Waals surface area (Å²) < 4.78 is 0. The molecule has 0 amide bonds. The van der Waals surface area contributed by atoms with E-state index in [1.807, 2.05) is 24.5 Å². The number of rotatable bonds is 5. The molecule has 0 aliphatic rings. The average molecular weight is 636 g/mol. The first kappa shape index (κ1) is 28.3. The summed E-state index contributed by atoms with van der Waals surface area (Å²) in [6.07, 6.45) is 3.65. The molecule has 0 saturated carbocycles. The molecule has 0 unspecified atom stereocenters. The Kier molecular flexibility index (Phi) is 6.49. The van der Waals surface area contributed by atoms with Crippen molar-refractivity contribution in [2.45, 2.75) is 0 Å². The molecular formula is C47H29N3. The molecule has 50 heavy (non-hydrogen) atoms. The summed E-state index contributed by atoms with van der Waals surface area (Å²) in [5.74, 6) is 0.715. The summed E-state index contributed by atoms with van der Waals surface area (Å²) in [4.78, 5) is 14.7. The molecule has 0 spiro atoms. The monoisotopic (exact) mass is 635 g/mol. The highest BCUT2D eigenvalue weighted by molar-refractivity contribution is 6.25. The van der Waals surface area contributed by atoms with E-state index < -0.39 is 0 Å². The second kappa shape index (κ2) is 11.5. The molecule has 0 N–H and O–H groups in total. The maximum absolute atomic E-state index is 5.27. The zero-order chi connectivity index (χ0) is 33.0. The van der Waals surface area contributed by atoms with Crippen LogP contribution in [0.5, 0.6) is 0 Å². The van der Waals surface area contributed by atoms with Crippen LogP contribution >= 0.6 is 0 Å². The Morgan fingerprint density at radius 1 is 0.320 bits per heavy atom. The van der Waals surface area contributed by atoms with Gasteiger partial charge in [-0.1, -0.05) is 133 Å². The Morgan fingerprint density at radius 2 is 0.820 bits per heavy atom. The summed E-state index contributed by atoms with van der Waals surface area (Å²) in [5, 5.41) is 9.90. The zero-order valence-electron chi connectivity index (χ0n) is 27.1. The van der Waals surface area contributed by atoms with Crippen molar-refractivity contribution in [3.8, 4) is 56.2 Å². The van der Waals surface area contributed by atoms with Gasteiger partial charge in [0.1, 0.15) is 0 Å². The van der Waals surface area contributed by atoms with Crippen LogP contribution in [0.1, 0.15) is 0 Å². The minimum atomic E-state index is 0.715. The first-order chi connectivity index (χ1) is 24.7. The summed E-state index contributed by atoms with van der Waals surface area (Å²) in [6, 6.07) is 58.5. The summed E-state index contributed by atoms with van der Waals surface area (Å²) >= 11 is 0. The van der Waals surface area contributed by atoms with E-state index in [4.69, 9.17) is 9.97 Å². The Morgan fingerprint density at radius 3 is 1.52 bits per heavy atom. The minimum Gasteiger partial charge on any atom is -0.265 e. The van der Waals surface area contributed by atoms with Gasteiger partial charge in [0.05, 0.1) is 11.4 Å². The van der Waals surface area contributed by atoms with Gasteiger partial charge in [0.2, 0.25) is 0 Å². The molecule has 0 aliphatic heterocycles. The molecule has 0 radical (unpaired) electrons. The molecule has 3 heteroatoms. The highest BCUT2D eigenvalue weighted by Crippen LogP contribution is 2.39. The van der Waals surface area contributed by atoms with Crippen LogP contribution in [0, 0.1) is 0 Å². The molecule has 0 bridgehead atoms. The molecular weight excluding hydrogens is 607 g/mol. The van der Waals surface area contributed by atoms with Gasteiger partial charge in [-0.2, -0.15) is 0 Å². The molecule has 10 rings (SSSR count). The maximum atomic E-state index is 5.27. The number of fused-ring (bicyclic) bond motifs is 1. The number of hydrogen-bond donors (Lipinski definition) is 0. The van der Waals surface area contributed by atoms with Crippen LogP contribution in [0.25, 0.3) is 99.2 Å². The predicted molar refractivity (Wildman–Crippen MR) is 208 cm³/mol. The van der Waals surface area contributed by atoms with Crippen molar-refractivity contribution in [3.63, 3.8) is 0 Å². The van der Waals surface area contributed by atoms with Crippen LogP contribution in [-0.2, 0) is 0 Å². The SMILES string of the molecule is c1ccc2cc(-c3ccc(-c4cc(-c5ccc(-c6ccncc6)cc5)nc(-c5ccc6ccc7cccc8ccc5c6c78)n4)cc3)ccc2c1. The van der Waals surface area contributed by atoms with Gasteiger partial charge in [-0.25, -0.2) is 9.97 Å². The van der Waals surface area contributed by atoms with Gasteiger partial charge < -0.3 is 0 Å². The third-order valence-electron chi connectivity index (χ3n) is 9.95. The van der Waals surface area contributed by atoms with Gasteiger partial charge in [-0.3, -0.25) is 4.98 Å². The van der Waals surface area contributed by atoms with Crippen LogP contribution in [0.2, 0.25) is 0 Å². The molecule has 8 aromatic carbocycles. The fraction of sp³-hybridized carbons (Fsp3) is 0. The Hall–Kier alpha value is -6.71. The van der Waals surface area contributed by atoms with Crippen molar-refractivity contribution >= 4 is 43.1 Å². The Balaban J connectivity index is 1.13. The lowest BCUT2D eigenvalue weighted by Crippen LogP contribution is -1.97. The topological polar surface area (TPSA) is 38.7 Å². The van der Waals surface area contributed by atoms with Crippen LogP contribution in [-0.4, -0.2) is 15.0 Å². The first-order valence-corrected chi connectivity index (χ1v) is 16.9. The van der Waals surface area contributed by atoms with Crippen molar-refractivity contribution in [3.05, 3.63) is 176 Å². The maximum Gasteiger partial charge on any atom is 0.161 e. The average Bonchev–Trinajstić information content (AvgIpc) is 3.20. The molecule has 0 fully saturated rings. The fourth-order valence-electron chi connectivity index (χ4n) is 7.37. The van der Waals surface area contributed by atoms with E-state index in [1.165, 1.54) is 48.8 Å². The summed E-state index contributed by atoms with van der Waals surface area (Å²) in [6.45, 7) is 0. The predicted octanol–water partition coefficient (Wildman–Crippen LogP) is 12.3. The van der Waals surface area contributed by atoms with Crippen LogP contribution in [0.3, 0.4) is 0 Å². The molecule has 0 aliphatic carbocycles.